The molecule has 0 atom stereocenters. The zero-order valence-corrected chi connectivity index (χ0v) is 32.2. The summed E-state index contributed by atoms with van der Waals surface area (Å²) in [7, 11) is 2.12. The van der Waals surface area contributed by atoms with Crippen LogP contribution in [0.4, 0.5) is 11.5 Å². The molecule has 3 aromatic heterocycles. The van der Waals surface area contributed by atoms with Crippen LogP contribution in [0.5, 0.6) is 11.5 Å². The van der Waals surface area contributed by atoms with Crippen LogP contribution in [0.25, 0.3) is 28.0 Å². The second-order valence-electron chi connectivity index (χ2n) is 15.7. The summed E-state index contributed by atoms with van der Waals surface area (Å²) < 4.78 is 14.7. The minimum atomic E-state index is -0.0796. The number of rotatable bonds is 6. The van der Waals surface area contributed by atoms with Crippen molar-refractivity contribution >= 4 is 29.5 Å². The van der Waals surface area contributed by atoms with E-state index in [0.29, 0.717) is 5.92 Å². The molecule has 1 aliphatic heterocycles. The summed E-state index contributed by atoms with van der Waals surface area (Å²) in [6, 6.07) is 28.1. The van der Waals surface area contributed by atoms with Crippen LogP contribution in [0.15, 0.2) is 91.3 Å². The number of hydrogen-bond acceptors (Lipinski definition) is 4. The van der Waals surface area contributed by atoms with E-state index in [0.717, 1.165) is 55.6 Å². The molecule has 6 aromatic rings. The molecule has 9 heteroatoms. The third-order valence-corrected chi connectivity index (χ3v) is 10.7. The zero-order valence-electron chi connectivity index (χ0n) is 29.9. The fourth-order valence-electron chi connectivity index (χ4n) is 6.79. The average Bonchev–Trinajstić information content (AvgIpc) is 3.63. The molecule has 7 nitrogen and oxygen atoms in total. The number of aryl methyl sites for hydroxylation is 1. The predicted octanol–water partition coefficient (Wildman–Crippen LogP) is 9.84. The molecule has 1 aliphatic rings. The number of nitrogens with zero attached hydrogens (tertiary/aromatic N) is 6. The Hall–Kier alpha value is -4.16. The summed E-state index contributed by atoms with van der Waals surface area (Å²) in [4.78, 5) is 7.33. The van der Waals surface area contributed by atoms with Crippen molar-refractivity contribution in [3.8, 4) is 28.4 Å². The predicted molar refractivity (Wildman–Crippen MR) is 198 cm³/mol. The quantitative estimate of drug-likeness (QED) is 0.157. The van der Waals surface area contributed by atoms with Gasteiger partial charge in [-0.15, -0.1) is 0 Å². The van der Waals surface area contributed by atoms with Gasteiger partial charge in [-0.2, -0.15) is 5.10 Å². The number of anilines is 2. The Morgan fingerprint density at radius 3 is 2.24 bits per heavy atom. The number of aromatic nitrogens is 5. The van der Waals surface area contributed by atoms with Crippen molar-refractivity contribution in [3.05, 3.63) is 106 Å². The Morgan fingerprint density at radius 1 is 0.796 bits per heavy atom. The van der Waals surface area contributed by atoms with Crippen molar-refractivity contribution in [1.82, 2.24) is 23.8 Å². The third-order valence-electron chi connectivity index (χ3n) is 9.46. The van der Waals surface area contributed by atoms with Crippen LogP contribution in [0.1, 0.15) is 66.5 Å². The summed E-state index contributed by atoms with van der Waals surface area (Å²) in [5, 5.41) is 4.84. The van der Waals surface area contributed by atoms with Crippen molar-refractivity contribution in [2.24, 2.45) is 13.0 Å². The molecule has 0 unspecified atom stereocenters. The fraction of sp³-hybridized carbons (Fsp3) is 0.325. The second kappa shape index (κ2) is 12.3. The first kappa shape index (κ1) is 33.3. The number of fused-ring (bicyclic) bond motifs is 4. The normalized spacial score (nSPS) is 13.3. The van der Waals surface area contributed by atoms with E-state index in [1.165, 1.54) is 16.6 Å². The van der Waals surface area contributed by atoms with E-state index in [1.807, 2.05) is 12.4 Å². The number of ether oxygens (including phenoxy) is 1. The minimum absolute atomic E-state index is 0.0125. The van der Waals surface area contributed by atoms with Gasteiger partial charge in [0.1, 0.15) is 0 Å². The van der Waals surface area contributed by atoms with Crippen LogP contribution in [-0.4, -0.2) is 30.8 Å². The van der Waals surface area contributed by atoms with E-state index in [-0.39, 0.29) is 17.8 Å². The van der Waals surface area contributed by atoms with E-state index < -0.39 is 0 Å². The van der Waals surface area contributed by atoms with E-state index in [9.17, 15) is 0 Å². The Morgan fingerprint density at radius 2 is 1.53 bits per heavy atom. The van der Waals surface area contributed by atoms with Crippen molar-refractivity contribution in [3.63, 3.8) is 0 Å². The van der Waals surface area contributed by atoms with Gasteiger partial charge in [0, 0.05) is 12.4 Å². The summed E-state index contributed by atoms with van der Waals surface area (Å²) in [5.41, 5.74) is 9.07. The minimum Gasteiger partial charge on any atom is -0.192 e. The standard InChI is InChI=1S/C40H45BN6O.Pt/c1-27(2)25-41-46(38-22-28(16-18-42-38)39(3,4)5)37-24-31(14-15-33(37)34-17-19-43-47(34)41)48-32-21-29(40(6,7)8)20-30(23-32)45-26-44(9)35-12-10-11-13-36(35)45;/h10-24,27H,25H2,1-9H3;. The van der Waals surface area contributed by atoms with E-state index >= 15 is 0 Å². The molecular formula is C40H45BN6OPt. The third kappa shape index (κ3) is 6.14. The van der Waals surface area contributed by atoms with Crippen molar-refractivity contribution in [2.45, 2.75) is 72.5 Å². The smallest absolute Gasteiger partial charge is 0.192 e. The zero-order chi connectivity index (χ0) is 34.8. The molecule has 3 aromatic carbocycles. The maximum atomic E-state index is 6.86. The number of para-hydroxylation sites is 2. The summed E-state index contributed by atoms with van der Waals surface area (Å²) in [6.07, 6.45) is 4.76. The van der Waals surface area contributed by atoms with Crippen LogP contribution < -0.4 is 9.55 Å². The second-order valence-corrected chi connectivity index (χ2v) is 16.7. The summed E-state index contributed by atoms with van der Waals surface area (Å²) in [5.74, 6) is 2.94. The van der Waals surface area contributed by atoms with Gasteiger partial charge in [0.15, 0.2) is 0 Å². The fourth-order valence-corrected chi connectivity index (χ4v) is 7.64. The molecule has 0 spiro atoms. The molecule has 0 fully saturated rings. The monoisotopic (exact) mass is 831 g/mol. The van der Waals surface area contributed by atoms with Gasteiger partial charge in [0.25, 0.3) is 0 Å². The van der Waals surface area contributed by atoms with Gasteiger partial charge in [-0.25, -0.2) is 0 Å². The van der Waals surface area contributed by atoms with Gasteiger partial charge >= 0.3 is 227 Å². The van der Waals surface area contributed by atoms with Crippen LogP contribution in [-0.2, 0) is 37.2 Å². The Bertz CT molecular complexity index is 2250. The number of pyridine rings is 1. The molecule has 0 amide bonds. The van der Waals surface area contributed by atoms with Crippen LogP contribution in [0.2, 0.25) is 6.32 Å². The first-order chi connectivity index (χ1) is 23.2. The van der Waals surface area contributed by atoms with Gasteiger partial charge in [-0.3, -0.25) is 0 Å². The molecule has 0 aliphatic carbocycles. The number of benzene rings is 3. The van der Waals surface area contributed by atoms with Gasteiger partial charge < -0.3 is 0 Å². The van der Waals surface area contributed by atoms with Gasteiger partial charge in [-0.1, -0.05) is 34.6 Å². The molecule has 0 N–H and O–H groups in total. The molecule has 4 heterocycles. The van der Waals surface area contributed by atoms with E-state index in [2.05, 4.69) is 179 Å². The van der Waals surface area contributed by atoms with Gasteiger partial charge in [-0.05, 0) is 23.0 Å². The molecular weight excluding hydrogens is 786 g/mol. The number of hydrogen-bond donors (Lipinski definition) is 0. The molecule has 0 saturated carbocycles. The van der Waals surface area contributed by atoms with Crippen LogP contribution in [0, 0.1) is 9.72 Å². The van der Waals surface area contributed by atoms with Crippen molar-refractivity contribution in [1.29, 1.82) is 0 Å². The van der Waals surface area contributed by atoms with Crippen LogP contribution >= 0.6 is 0 Å². The molecule has 254 valence electrons. The van der Waals surface area contributed by atoms with Gasteiger partial charge in [0.05, 0.1) is 0 Å². The first-order valence-electron chi connectivity index (χ1n) is 17.1. The molecule has 0 radical (unpaired) electrons. The van der Waals surface area contributed by atoms with Crippen molar-refractivity contribution in [2.75, 3.05) is 4.81 Å². The SMILES string of the molecule is CC(C)CB1N(c2cc(C(C)(C)C)ccn2)c2cc(Oc3cc(-n4[c](=[Pt])n(C)c5ccccc54)cc(C(C)(C)C)c3)ccc2-c2ccnn21. The molecule has 0 saturated heterocycles. The summed E-state index contributed by atoms with van der Waals surface area (Å²) >= 11 is 2.42. The summed E-state index contributed by atoms with van der Waals surface area (Å²) in [6.45, 7) is 18.0. The first-order valence-corrected chi connectivity index (χ1v) is 18.2. The van der Waals surface area contributed by atoms with Gasteiger partial charge in [0.2, 0.25) is 0 Å². The van der Waals surface area contributed by atoms with E-state index in [1.54, 1.807) is 0 Å². The maximum absolute atomic E-state index is 6.86. The topological polar surface area (TPSA) is 53.0 Å². The van der Waals surface area contributed by atoms with Crippen molar-refractivity contribution < 1.29 is 24.1 Å². The molecule has 7 rings (SSSR count). The molecule has 0 bridgehead atoms. The van der Waals surface area contributed by atoms with E-state index in [4.69, 9.17) is 14.8 Å². The Labute approximate surface area is 301 Å². The number of imidazole rings is 1. The van der Waals surface area contributed by atoms with Crippen LogP contribution in [0.3, 0.4) is 0 Å². The Kier molecular flexibility index (Phi) is 8.38. The Balaban J connectivity index is 1.38. The average molecular weight is 832 g/mol. The molecule has 49 heavy (non-hydrogen) atoms.